The van der Waals surface area contributed by atoms with Crippen LogP contribution in [0.15, 0.2) is 24.3 Å². The van der Waals surface area contributed by atoms with Crippen LogP contribution in [0.4, 0.5) is 0 Å². The molecule has 2 fully saturated rings. The van der Waals surface area contributed by atoms with E-state index in [2.05, 4.69) is 0 Å². The third-order valence-electron chi connectivity index (χ3n) is 10.3. The van der Waals surface area contributed by atoms with Crippen LogP contribution in [0.2, 0.25) is 0 Å². The maximum atomic E-state index is 13.9. The van der Waals surface area contributed by atoms with Gasteiger partial charge in [0.2, 0.25) is 0 Å². The number of carbonyl (C=O) groups is 4. The van der Waals surface area contributed by atoms with Crippen LogP contribution in [0.25, 0.3) is 10.8 Å². The first-order chi connectivity index (χ1) is 18.8. The third kappa shape index (κ3) is 4.80. The Morgan fingerprint density at radius 3 is 1.59 bits per heavy atom. The lowest BCUT2D eigenvalue weighted by atomic mass is 9.77. The van der Waals surface area contributed by atoms with E-state index < -0.39 is 11.8 Å². The number of ketones is 4. The van der Waals surface area contributed by atoms with Crippen molar-refractivity contribution >= 4 is 33.9 Å². The van der Waals surface area contributed by atoms with Gasteiger partial charge >= 0.3 is 0 Å². The van der Waals surface area contributed by atoms with E-state index in [0.717, 1.165) is 51.4 Å². The van der Waals surface area contributed by atoms with Gasteiger partial charge in [0.25, 0.3) is 0 Å². The van der Waals surface area contributed by atoms with E-state index in [1.54, 1.807) is 24.3 Å². The van der Waals surface area contributed by atoms with Crippen molar-refractivity contribution in [3.63, 3.8) is 0 Å². The van der Waals surface area contributed by atoms with E-state index in [9.17, 15) is 19.2 Å². The second-order valence-electron chi connectivity index (χ2n) is 12.7. The molecule has 0 saturated heterocycles. The van der Waals surface area contributed by atoms with Gasteiger partial charge in [-0.15, -0.1) is 0 Å². The van der Waals surface area contributed by atoms with E-state index >= 15 is 0 Å². The van der Waals surface area contributed by atoms with Gasteiger partial charge in [0.15, 0.2) is 23.1 Å². The van der Waals surface area contributed by atoms with Crippen molar-refractivity contribution in [2.24, 2.45) is 35.1 Å². The number of nitrogens with two attached hydrogens (primary N) is 2. The normalized spacial score (nSPS) is 31.3. The summed E-state index contributed by atoms with van der Waals surface area (Å²) in [6, 6.07) is 7.12. The minimum Gasteiger partial charge on any atom is -0.327 e. The molecule has 0 spiro atoms. The molecule has 4 N–H and O–H groups in total. The molecule has 3 unspecified atom stereocenters. The molecule has 206 valence electrons. The summed E-state index contributed by atoms with van der Waals surface area (Å²) in [6.45, 7) is 0. The minimum absolute atomic E-state index is 0.0518. The first kappa shape index (κ1) is 26.5. The van der Waals surface area contributed by atoms with Crippen molar-refractivity contribution in [2.75, 3.05) is 0 Å². The highest BCUT2D eigenvalue weighted by molar-refractivity contribution is 6.28. The van der Waals surface area contributed by atoms with Gasteiger partial charge in [-0.05, 0) is 56.8 Å². The van der Waals surface area contributed by atoms with Crippen LogP contribution >= 0.6 is 0 Å². The number of rotatable bonds is 5. The topological polar surface area (TPSA) is 120 Å². The standard InChI is InChI=1S/C33H40N2O4/c34-26-7-3-1-5-18(26)9-10-20-16-28(36)22-12-14-25-31-23(11-13-24(30(22)31)32(20)38)29(37)17-21(33(25)39)15-19-6-2-4-8-27(19)35/h11-14,18-21,26-27H,1-10,15-17,34-35H2/t18-,19?,20?,21?,26+,27+/m1/s1. The largest absolute Gasteiger partial charge is 0.327 e. The molecule has 2 aromatic rings. The fraction of sp³-hybridized carbons (Fsp3) is 0.576. The molecule has 4 aliphatic rings. The molecular formula is C33H40N2O4. The van der Waals surface area contributed by atoms with Crippen molar-refractivity contribution in [2.45, 2.75) is 95.6 Å². The lowest BCUT2D eigenvalue weighted by molar-refractivity contribution is 0.0826. The Bertz CT molecular complexity index is 1350. The molecule has 2 saturated carbocycles. The molecule has 4 aliphatic carbocycles. The first-order valence-corrected chi connectivity index (χ1v) is 15.1. The third-order valence-corrected chi connectivity index (χ3v) is 10.3. The van der Waals surface area contributed by atoms with Gasteiger partial charge in [0.1, 0.15) is 0 Å². The van der Waals surface area contributed by atoms with E-state index in [1.165, 1.54) is 6.42 Å². The molecule has 0 aliphatic heterocycles. The van der Waals surface area contributed by atoms with Crippen LogP contribution in [0.1, 0.15) is 125 Å². The Morgan fingerprint density at radius 1 is 0.564 bits per heavy atom. The molecule has 6 rings (SSSR count). The van der Waals surface area contributed by atoms with Crippen LogP contribution in [-0.4, -0.2) is 35.2 Å². The fourth-order valence-corrected chi connectivity index (χ4v) is 7.99. The van der Waals surface area contributed by atoms with Crippen LogP contribution in [0.5, 0.6) is 0 Å². The monoisotopic (exact) mass is 528 g/mol. The van der Waals surface area contributed by atoms with Crippen LogP contribution in [0, 0.1) is 23.7 Å². The van der Waals surface area contributed by atoms with Crippen molar-refractivity contribution < 1.29 is 19.2 Å². The van der Waals surface area contributed by atoms with E-state index in [-0.39, 0.29) is 54.0 Å². The van der Waals surface area contributed by atoms with Gasteiger partial charge in [-0.3, -0.25) is 19.2 Å². The Labute approximate surface area is 230 Å². The summed E-state index contributed by atoms with van der Waals surface area (Å²) in [5, 5.41) is 1.01. The molecule has 39 heavy (non-hydrogen) atoms. The summed E-state index contributed by atoms with van der Waals surface area (Å²) in [6.07, 6.45) is 11.0. The number of Topliss-reactive ketones (excluding diaryl/α,β-unsaturated/α-hetero) is 4. The SMILES string of the molecule is N[C@H]1CCCCC1CC1CC(=O)c2ccc3c4c(ccc(c24)C1=O)C(=O)CC(CC[C@H]1CCCC[C@@H]1N)C3=O. The second kappa shape index (κ2) is 10.7. The highest BCUT2D eigenvalue weighted by atomic mass is 16.1. The second-order valence-corrected chi connectivity index (χ2v) is 12.7. The molecular weight excluding hydrogens is 488 g/mol. The summed E-state index contributed by atoms with van der Waals surface area (Å²) in [4.78, 5) is 54.9. The molecule has 2 aromatic carbocycles. The average molecular weight is 529 g/mol. The fourth-order valence-electron chi connectivity index (χ4n) is 7.99. The molecule has 6 heteroatoms. The lowest BCUT2D eigenvalue weighted by Gasteiger charge is -2.30. The van der Waals surface area contributed by atoms with Crippen molar-refractivity contribution in [1.82, 2.24) is 0 Å². The summed E-state index contributed by atoms with van der Waals surface area (Å²) >= 11 is 0. The minimum atomic E-state index is -0.430. The van der Waals surface area contributed by atoms with Gasteiger partial charge < -0.3 is 11.5 Å². The predicted molar refractivity (Wildman–Crippen MR) is 151 cm³/mol. The van der Waals surface area contributed by atoms with E-state index in [1.807, 2.05) is 0 Å². The zero-order chi connectivity index (χ0) is 27.3. The van der Waals surface area contributed by atoms with Gasteiger partial charge in [-0.1, -0.05) is 49.9 Å². The Balaban J connectivity index is 1.36. The van der Waals surface area contributed by atoms with E-state index in [0.29, 0.717) is 51.8 Å². The zero-order valence-electron chi connectivity index (χ0n) is 22.8. The predicted octanol–water partition coefficient (Wildman–Crippen LogP) is 5.82. The molecule has 6 nitrogen and oxygen atoms in total. The molecule has 6 atom stereocenters. The van der Waals surface area contributed by atoms with Crippen LogP contribution in [0.3, 0.4) is 0 Å². The Morgan fingerprint density at radius 2 is 1.03 bits per heavy atom. The van der Waals surface area contributed by atoms with Crippen molar-refractivity contribution in [3.05, 3.63) is 46.5 Å². The quantitative estimate of drug-likeness (QED) is 0.505. The first-order valence-electron chi connectivity index (χ1n) is 15.1. The summed E-state index contributed by atoms with van der Waals surface area (Å²) in [5.41, 5.74) is 14.6. The molecule has 0 radical (unpaired) electrons. The highest BCUT2D eigenvalue weighted by Crippen LogP contribution is 2.41. The summed E-state index contributed by atoms with van der Waals surface area (Å²) < 4.78 is 0. The van der Waals surface area contributed by atoms with Gasteiger partial charge in [-0.25, -0.2) is 0 Å². The Kier molecular flexibility index (Phi) is 7.28. The molecule has 0 aromatic heterocycles. The van der Waals surface area contributed by atoms with Crippen LogP contribution < -0.4 is 11.5 Å². The number of hydrogen-bond donors (Lipinski definition) is 2. The molecule has 0 amide bonds. The van der Waals surface area contributed by atoms with Crippen molar-refractivity contribution in [1.29, 1.82) is 0 Å². The van der Waals surface area contributed by atoms with E-state index in [4.69, 9.17) is 11.5 Å². The smallest absolute Gasteiger partial charge is 0.167 e. The summed E-state index contributed by atoms with van der Waals surface area (Å²) in [5.74, 6) is -0.506. The maximum Gasteiger partial charge on any atom is 0.167 e. The van der Waals surface area contributed by atoms with Crippen molar-refractivity contribution in [3.8, 4) is 0 Å². The highest BCUT2D eigenvalue weighted by Gasteiger charge is 2.38. The summed E-state index contributed by atoms with van der Waals surface area (Å²) in [7, 11) is 0. The number of hydrogen-bond acceptors (Lipinski definition) is 6. The molecule has 0 bridgehead atoms. The number of carbonyl (C=O) groups excluding carboxylic acids is 4. The van der Waals surface area contributed by atoms with Gasteiger partial charge in [-0.2, -0.15) is 0 Å². The lowest BCUT2D eigenvalue weighted by Crippen LogP contribution is -2.35. The average Bonchev–Trinajstić information content (AvgIpc) is 3.10. The Hall–Kier alpha value is -2.70. The van der Waals surface area contributed by atoms with Crippen LogP contribution in [-0.2, 0) is 0 Å². The van der Waals surface area contributed by atoms with Gasteiger partial charge in [0.05, 0.1) is 0 Å². The molecule has 0 heterocycles. The maximum absolute atomic E-state index is 13.9. The number of benzene rings is 2. The van der Waals surface area contributed by atoms with Gasteiger partial charge in [0, 0.05) is 69.8 Å². The zero-order valence-corrected chi connectivity index (χ0v) is 22.8.